The van der Waals surface area contributed by atoms with Gasteiger partial charge in [0, 0.05) is 18.7 Å². The number of esters is 1. The number of benzene rings is 1. The number of phenolic OH excluding ortho intramolecular Hbond substituents is 1. The molecule has 1 fully saturated rings. The number of ether oxygens (including phenoxy) is 2. The van der Waals surface area contributed by atoms with Gasteiger partial charge in [0.15, 0.2) is 0 Å². The number of nitrogens with zero attached hydrogens (tertiary/aromatic N) is 1. The molecule has 1 saturated heterocycles. The molecule has 0 aliphatic carbocycles. The first-order valence-corrected chi connectivity index (χ1v) is 9.91. The first-order valence-electron chi connectivity index (χ1n) is 9.91. The average molecular weight is 440 g/mol. The van der Waals surface area contributed by atoms with Gasteiger partial charge in [-0.25, -0.2) is 4.79 Å². The number of rotatable bonds is 6. The third kappa shape index (κ3) is 6.16. The van der Waals surface area contributed by atoms with Crippen LogP contribution >= 0.6 is 0 Å². The van der Waals surface area contributed by atoms with Gasteiger partial charge in [0.05, 0.1) is 6.21 Å². The number of aliphatic hydroxyl groups is 1. The molecule has 3 N–H and O–H groups in total. The molecule has 2 aliphatic heterocycles. The predicted octanol–water partition coefficient (Wildman–Crippen LogP) is 1.84. The number of aromatic hydroxyl groups is 1. The lowest BCUT2D eigenvalue weighted by molar-refractivity contribution is -0.115. The largest absolute Gasteiger partial charge is 0.507 e. The Labute approximate surface area is 185 Å². The van der Waals surface area contributed by atoms with Gasteiger partial charge in [-0.05, 0) is 17.7 Å². The Morgan fingerprint density at radius 3 is 3.00 bits per heavy atom. The molecule has 0 bridgehead atoms. The molecule has 0 radical (unpaired) electrons. The van der Waals surface area contributed by atoms with Gasteiger partial charge < -0.3 is 29.8 Å². The van der Waals surface area contributed by atoms with Gasteiger partial charge in [-0.2, -0.15) is 0 Å². The summed E-state index contributed by atoms with van der Waals surface area (Å²) in [6, 6.07) is 4.69. The van der Waals surface area contributed by atoms with E-state index in [0.29, 0.717) is 5.56 Å². The maximum Gasteiger partial charge on any atom is 0.342 e. The number of epoxide rings is 1. The summed E-state index contributed by atoms with van der Waals surface area (Å²) >= 11 is 0. The Hall–Kier alpha value is -3.69. The molecule has 2 heterocycles. The summed E-state index contributed by atoms with van der Waals surface area (Å²) in [5.41, 5.74) is 0.483. The van der Waals surface area contributed by atoms with E-state index in [1.165, 1.54) is 37.7 Å². The van der Waals surface area contributed by atoms with Crippen LogP contribution in [0, 0.1) is 0 Å². The van der Waals surface area contributed by atoms with Crippen molar-refractivity contribution in [2.75, 3.05) is 7.11 Å². The van der Waals surface area contributed by atoms with Crippen LogP contribution in [-0.4, -0.2) is 59.8 Å². The maximum absolute atomic E-state index is 12.8. The van der Waals surface area contributed by atoms with Crippen LogP contribution in [0.15, 0.2) is 66.0 Å². The highest BCUT2D eigenvalue weighted by Gasteiger charge is 2.46. The molecular weight excluding hydrogens is 416 g/mol. The number of aliphatic hydroxyl groups excluding tert-OH is 1. The molecule has 0 spiro atoms. The molecule has 3 rings (SSSR count). The zero-order valence-electron chi connectivity index (χ0n) is 17.3. The lowest BCUT2D eigenvalue weighted by Gasteiger charge is -2.22. The van der Waals surface area contributed by atoms with Gasteiger partial charge >= 0.3 is 5.97 Å². The van der Waals surface area contributed by atoms with Crippen molar-refractivity contribution in [2.24, 2.45) is 5.16 Å². The van der Waals surface area contributed by atoms with Crippen LogP contribution < -0.4 is 5.32 Å². The zero-order chi connectivity index (χ0) is 22.9. The summed E-state index contributed by atoms with van der Waals surface area (Å²) in [7, 11) is 1.39. The lowest BCUT2D eigenvalue weighted by Crippen LogP contribution is -2.36. The Morgan fingerprint density at radius 1 is 1.34 bits per heavy atom. The fourth-order valence-corrected chi connectivity index (χ4v) is 3.10. The topological polar surface area (TPSA) is 130 Å². The van der Waals surface area contributed by atoms with Crippen LogP contribution in [0.5, 0.6) is 5.75 Å². The van der Waals surface area contributed by atoms with Crippen LogP contribution in [-0.2, 0) is 19.1 Å². The fraction of sp³-hybridized carbons (Fsp3) is 0.261. The molecule has 1 aromatic carbocycles. The van der Waals surface area contributed by atoms with Gasteiger partial charge in [-0.1, -0.05) is 47.7 Å². The normalized spacial score (nSPS) is 27.1. The van der Waals surface area contributed by atoms with E-state index in [1.807, 2.05) is 0 Å². The van der Waals surface area contributed by atoms with E-state index in [-0.39, 0.29) is 23.8 Å². The number of hydrogen-bond donors (Lipinski definition) is 3. The third-order valence-electron chi connectivity index (χ3n) is 4.72. The van der Waals surface area contributed by atoms with Gasteiger partial charge in [0.2, 0.25) is 5.91 Å². The number of allylic oxidation sites excluding steroid dienone is 3. The molecule has 2 aliphatic rings. The summed E-state index contributed by atoms with van der Waals surface area (Å²) in [6.45, 7) is 0. The van der Waals surface area contributed by atoms with E-state index in [2.05, 4.69) is 15.3 Å². The fourth-order valence-electron chi connectivity index (χ4n) is 3.10. The predicted molar refractivity (Wildman–Crippen MR) is 117 cm³/mol. The molecule has 4 atom stereocenters. The van der Waals surface area contributed by atoms with Crippen molar-refractivity contribution >= 4 is 24.2 Å². The second kappa shape index (κ2) is 11.1. The van der Waals surface area contributed by atoms with Gasteiger partial charge in [0.1, 0.15) is 42.8 Å². The van der Waals surface area contributed by atoms with Crippen LogP contribution in [0.2, 0.25) is 0 Å². The van der Waals surface area contributed by atoms with Crippen LogP contribution in [0.25, 0.3) is 6.08 Å². The van der Waals surface area contributed by atoms with Crippen molar-refractivity contribution in [3.05, 3.63) is 72.0 Å². The van der Waals surface area contributed by atoms with E-state index in [0.717, 1.165) is 0 Å². The van der Waals surface area contributed by atoms with E-state index >= 15 is 0 Å². The first kappa shape index (κ1) is 23.0. The summed E-state index contributed by atoms with van der Waals surface area (Å²) in [5, 5.41) is 26.9. The van der Waals surface area contributed by atoms with Crippen molar-refractivity contribution in [2.45, 2.75) is 30.8 Å². The molecule has 0 saturated carbocycles. The Bertz CT molecular complexity index is 981. The summed E-state index contributed by atoms with van der Waals surface area (Å²) in [6.07, 6.45) is 11.1. The van der Waals surface area contributed by atoms with E-state index in [4.69, 9.17) is 9.47 Å². The molecule has 32 heavy (non-hydrogen) atoms. The van der Waals surface area contributed by atoms with Crippen molar-refractivity contribution in [3.8, 4) is 5.75 Å². The highest BCUT2D eigenvalue weighted by atomic mass is 16.6. The molecule has 168 valence electrons. The quantitative estimate of drug-likeness (QED) is 0.202. The summed E-state index contributed by atoms with van der Waals surface area (Å²) in [4.78, 5) is 29.0. The van der Waals surface area contributed by atoms with Gasteiger partial charge in [0.25, 0.3) is 0 Å². The van der Waals surface area contributed by atoms with Gasteiger partial charge in [-0.15, -0.1) is 0 Å². The van der Waals surface area contributed by atoms with Crippen molar-refractivity contribution in [3.63, 3.8) is 0 Å². The molecule has 9 nitrogen and oxygen atoms in total. The number of carbonyl (C=O) groups excluding carboxylic acids is 2. The summed E-state index contributed by atoms with van der Waals surface area (Å²) < 4.78 is 11.0. The minimum absolute atomic E-state index is 0.00308. The second-order valence-electron chi connectivity index (χ2n) is 6.93. The van der Waals surface area contributed by atoms with Gasteiger partial charge in [-0.3, -0.25) is 4.79 Å². The number of amides is 1. The average Bonchev–Trinajstić information content (AvgIpc) is 3.54. The minimum atomic E-state index is -1.10. The first-order chi connectivity index (χ1) is 15.5. The molecule has 1 unspecified atom stereocenters. The van der Waals surface area contributed by atoms with Crippen molar-refractivity contribution in [1.29, 1.82) is 0 Å². The number of carbonyl (C=O) groups is 2. The smallest absolute Gasteiger partial charge is 0.342 e. The van der Waals surface area contributed by atoms with E-state index < -0.39 is 30.2 Å². The SMILES string of the molecule is CO/N=C/C=C\C(=O)N/C=C/C[C@@H]1OC(=O)c2c(O)cccc2/C=C/C=C\C2O[C@H]2[C@@H]1O. The Balaban J connectivity index is 1.72. The molecule has 9 heteroatoms. The van der Waals surface area contributed by atoms with Crippen LogP contribution in [0.1, 0.15) is 22.3 Å². The Kier molecular flexibility index (Phi) is 7.96. The van der Waals surface area contributed by atoms with Crippen molar-refractivity contribution in [1.82, 2.24) is 5.32 Å². The number of cyclic esters (lactones) is 1. The number of phenols is 1. The van der Waals surface area contributed by atoms with Crippen molar-refractivity contribution < 1.29 is 34.1 Å². The Morgan fingerprint density at radius 2 is 2.19 bits per heavy atom. The standard InChI is InChI=1S/C23H24N2O7/c1-30-25-14-6-12-19(27)24-13-5-11-17-21(28)22-18(31-22)10-3-2-7-15-8-4-9-16(26)20(15)23(29)32-17/h2-10,12-14,17-18,21-22,26,28H,11H2,1H3,(H,24,27)/b7-2+,10-3-,12-6-,13-5+,25-14+/t17-,18?,21+,22+/m0/s1. The van der Waals surface area contributed by atoms with E-state index in [9.17, 15) is 19.8 Å². The molecule has 1 aromatic rings. The van der Waals surface area contributed by atoms with E-state index in [1.54, 1.807) is 42.5 Å². The monoisotopic (exact) mass is 440 g/mol. The number of nitrogens with one attached hydrogen (secondary N) is 1. The number of hydrogen-bond acceptors (Lipinski definition) is 8. The highest BCUT2D eigenvalue weighted by Crippen LogP contribution is 2.32. The number of fused-ring (bicyclic) bond motifs is 2. The third-order valence-corrected chi connectivity index (χ3v) is 4.72. The second-order valence-corrected chi connectivity index (χ2v) is 6.93. The number of oxime groups is 1. The highest BCUT2D eigenvalue weighted by molar-refractivity contribution is 5.96. The zero-order valence-corrected chi connectivity index (χ0v) is 17.3. The molecule has 0 aromatic heterocycles. The maximum atomic E-state index is 12.8. The minimum Gasteiger partial charge on any atom is -0.507 e. The molecular formula is C23H24N2O7. The summed E-state index contributed by atoms with van der Waals surface area (Å²) in [5.74, 6) is -1.40. The van der Waals surface area contributed by atoms with Crippen LogP contribution in [0.3, 0.4) is 0 Å². The lowest BCUT2D eigenvalue weighted by atomic mass is 10.0. The molecule has 1 amide bonds. The van der Waals surface area contributed by atoms with Crippen LogP contribution in [0.4, 0.5) is 0 Å².